The van der Waals surface area contributed by atoms with Crippen molar-refractivity contribution in [3.63, 3.8) is 0 Å². The highest BCUT2D eigenvalue weighted by Crippen LogP contribution is 2.32. The van der Waals surface area contributed by atoms with Crippen molar-refractivity contribution in [1.29, 1.82) is 0 Å². The Morgan fingerprint density at radius 3 is 2.96 bits per heavy atom. The van der Waals surface area contributed by atoms with E-state index in [-0.39, 0.29) is 0 Å². The van der Waals surface area contributed by atoms with Crippen molar-refractivity contribution in [3.8, 4) is 0 Å². The molecule has 3 aromatic heterocycles. The van der Waals surface area contributed by atoms with Crippen molar-refractivity contribution in [2.24, 2.45) is 0 Å². The summed E-state index contributed by atoms with van der Waals surface area (Å²) in [7, 11) is 2.08. The average Bonchev–Trinajstić information content (AvgIpc) is 3.33. The van der Waals surface area contributed by atoms with Crippen LogP contribution < -0.4 is 10.8 Å². The van der Waals surface area contributed by atoms with E-state index in [0.29, 0.717) is 5.92 Å². The van der Waals surface area contributed by atoms with Gasteiger partial charge < -0.3 is 10.3 Å². The molecule has 3 heterocycles. The van der Waals surface area contributed by atoms with Crippen molar-refractivity contribution in [2.45, 2.75) is 44.6 Å². The molecule has 1 aromatic carbocycles. The lowest BCUT2D eigenvalue weighted by molar-refractivity contribution is 0.437. The zero-order valence-corrected chi connectivity index (χ0v) is 15.6. The molecule has 1 aliphatic rings. The molecule has 27 heavy (non-hydrogen) atoms. The summed E-state index contributed by atoms with van der Waals surface area (Å²) in [6.07, 6.45) is 10.1. The smallest absolute Gasteiger partial charge is 0.151 e. The number of hydrogen-bond donors (Lipinski definition) is 2. The molecular weight excluding hydrogens is 335 g/mol. The van der Waals surface area contributed by atoms with Gasteiger partial charge in [-0.25, -0.2) is 9.97 Å². The standard InChI is InChI=1S/C20H23BN6/c21-15-11-25-27-19(9-17(26-20(15)27)14-4-2-1-3-5-14)22-10-13-6-7-16-18(8-13)24-12-23-16/h6-9,11-12,14,22H,1-5,10,21H2,(H,23,24). The molecule has 0 aliphatic heterocycles. The minimum absolute atomic E-state index is 0.569. The Balaban J connectivity index is 1.47. The molecule has 0 saturated heterocycles. The molecule has 0 atom stereocenters. The van der Waals surface area contributed by atoms with E-state index in [0.717, 1.165) is 34.5 Å². The van der Waals surface area contributed by atoms with Crippen LogP contribution in [0.4, 0.5) is 5.82 Å². The van der Waals surface area contributed by atoms with E-state index in [9.17, 15) is 0 Å². The second-order valence-electron chi connectivity index (χ2n) is 7.57. The first-order valence-electron chi connectivity index (χ1n) is 9.79. The molecule has 2 N–H and O–H groups in total. The normalized spacial score (nSPS) is 15.6. The van der Waals surface area contributed by atoms with Gasteiger partial charge in [-0.2, -0.15) is 9.61 Å². The summed E-state index contributed by atoms with van der Waals surface area (Å²) in [5.74, 6) is 1.58. The monoisotopic (exact) mass is 358 g/mol. The van der Waals surface area contributed by atoms with E-state index in [1.165, 1.54) is 43.4 Å². The molecule has 0 amide bonds. The van der Waals surface area contributed by atoms with Gasteiger partial charge in [-0.05, 0) is 36.0 Å². The van der Waals surface area contributed by atoms with E-state index in [1.807, 2.05) is 10.7 Å². The van der Waals surface area contributed by atoms with Crippen molar-refractivity contribution in [1.82, 2.24) is 24.6 Å². The maximum Gasteiger partial charge on any atom is 0.151 e. The lowest BCUT2D eigenvalue weighted by atomic mass is 9.86. The maximum atomic E-state index is 4.95. The van der Waals surface area contributed by atoms with Crippen LogP contribution in [0.25, 0.3) is 16.7 Å². The Kier molecular flexibility index (Phi) is 4.07. The number of anilines is 1. The van der Waals surface area contributed by atoms with Gasteiger partial charge in [0, 0.05) is 30.4 Å². The van der Waals surface area contributed by atoms with Crippen molar-refractivity contribution < 1.29 is 0 Å². The molecule has 5 rings (SSSR count). The van der Waals surface area contributed by atoms with Crippen LogP contribution in [0, 0.1) is 0 Å². The highest BCUT2D eigenvalue weighted by molar-refractivity contribution is 6.36. The Labute approximate surface area is 158 Å². The van der Waals surface area contributed by atoms with Gasteiger partial charge in [-0.1, -0.05) is 25.3 Å². The quantitative estimate of drug-likeness (QED) is 0.550. The van der Waals surface area contributed by atoms with E-state index >= 15 is 0 Å². The summed E-state index contributed by atoms with van der Waals surface area (Å²) in [6, 6.07) is 8.52. The number of nitrogens with zero attached hydrogens (tertiary/aromatic N) is 4. The van der Waals surface area contributed by atoms with Gasteiger partial charge in [0.1, 0.15) is 13.7 Å². The van der Waals surface area contributed by atoms with Crippen LogP contribution in [0.1, 0.15) is 49.3 Å². The molecule has 1 fully saturated rings. The highest BCUT2D eigenvalue weighted by atomic mass is 15.3. The molecule has 0 spiro atoms. The molecule has 1 aliphatic carbocycles. The van der Waals surface area contributed by atoms with Crippen LogP contribution >= 0.6 is 0 Å². The van der Waals surface area contributed by atoms with Crippen molar-refractivity contribution in [2.75, 3.05) is 5.32 Å². The van der Waals surface area contributed by atoms with Crippen LogP contribution in [0.2, 0.25) is 0 Å². The summed E-state index contributed by atoms with van der Waals surface area (Å²) in [5, 5.41) is 8.11. The summed E-state index contributed by atoms with van der Waals surface area (Å²) < 4.78 is 1.93. The third kappa shape index (κ3) is 3.07. The third-order valence-corrected chi connectivity index (χ3v) is 5.65. The summed E-state index contributed by atoms with van der Waals surface area (Å²) in [6.45, 7) is 0.727. The molecule has 0 bridgehead atoms. The van der Waals surface area contributed by atoms with Crippen LogP contribution in [-0.2, 0) is 6.54 Å². The number of nitrogens with one attached hydrogen (secondary N) is 2. The number of imidazole rings is 1. The zero-order chi connectivity index (χ0) is 18.2. The Bertz CT molecular complexity index is 1090. The molecule has 7 heteroatoms. The maximum absolute atomic E-state index is 4.95. The predicted octanol–water partition coefficient (Wildman–Crippen LogP) is 2.52. The summed E-state index contributed by atoms with van der Waals surface area (Å²) in [4.78, 5) is 12.4. The average molecular weight is 358 g/mol. The SMILES string of the molecule is Bc1cnn2c(NCc3ccc4[nH]cnc4c3)cc(C3CCCCC3)nc12. The highest BCUT2D eigenvalue weighted by Gasteiger charge is 2.19. The van der Waals surface area contributed by atoms with Crippen molar-refractivity contribution in [3.05, 3.63) is 48.0 Å². The van der Waals surface area contributed by atoms with Gasteiger partial charge in [0.15, 0.2) is 5.65 Å². The van der Waals surface area contributed by atoms with Gasteiger partial charge in [0.2, 0.25) is 0 Å². The number of aromatic nitrogens is 5. The van der Waals surface area contributed by atoms with Gasteiger partial charge in [-0.3, -0.25) is 0 Å². The summed E-state index contributed by atoms with van der Waals surface area (Å²) in [5.41, 5.74) is 6.54. The van der Waals surface area contributed by atoms with Gasteiger partial charge >= 0.3 is 0 Å². The predicted molar refractivity (Wildman–Crippen MR) is 110 cm³/mol. The van der Waals surface area contributed by atoms with Crippen LogP contribution in [0.15, 0.2) is 36.8 Å². The zero-order valence-electron chi connectivity index (χ0n) is 15.6. The van der Waals surface area contributed by atoms with E-state index in [4.69, 9.17) is 4.98 Å². The number of rotatable bonds is 4. The Hall–Kier alpha value is -2.83. The fraction of sp³-hybridized carbons (Fsp3) is 0.350. The number of fused-ring (bicyclic) bond motifs is 2. The first-order chi connectivity index (χ1) is 13.3. The molecule has 1 saturated carbocycles. The second kappa shape index (κ2) is 6.72. The molecule has 0 unspecified atom stereocenters. The first kappa shape index (κ1) is 16.4. The fourth-order valence-corrected chi connectivity index (χ4v) is 4.10. The number of benzene rings is 1. The fourth-order valence-electron chi connectivity index (χ4n) is 4.10. The lowest BCUT2D eigenvalue weighted by Crippen LogP contribution is -2.13. The van der Waals surface area contributed by atoms with E-state index < -0.39 is 0 Å². The second-order valence-corrected chi connectivity index (χ2v) is 7.57. The van der Waals surface area contributed by atoms with Gasteiger partial charge in [0.25, 0.3) is 0 Å². The largest absolute Gasteiger partial charge is 0.366 e. The van der Waals surface area contributed by atoms with E-state index in [2.05, 4.69) is 52.5 Å². The Morgan fingerprint density at radius 1 is 1.19 bits per heavy atom. The third-order valence-electron chi connectivity index (χ3n) is 5.65. The van der Waals surface area contributed by atoms with Crippen LogP contribution in [0.3, 0.4) is 0 Å². The number of H-pyrrole nitrogens is 1. The topological polar surface area (TPSA) is 70.9 Å². The lowest BCUT2D eigenvalue weighted by Gasteiger charge is -2.22. The summed E-state index contributed by atoms with van der Waals surface area (Å²) >= 11 is 0. The molecule has 4 aromatic rings. The number of aromatic amines is 1. The molecule has 136 valence electrons. The van der Waals surface area contributed by atoms with Gasteiger partial charge in [-0.15, -0.1) is 0 Å². The van der Waals surface area contributed by atoms with Crippen molar-refractivity contribution >= 4 is 35.8 Å². The minimum atomic E-state index is 0.569. The molecular formula is C20H23BN6. The van der Waals surface area contributed by atoms with E-state index in [1.54, 1.807) is 6.33 Å². The minimum Gasteiger partial charge on any atom is -0.366 e. The molecule has 0 radical (unpaired) electrons. The van der Waals surface area contributed by atoms with Crippen LogP contribution in [0.5, 0.6) is 0 Å². The van der Waals surface area contributed by atoms with Crippen LogP contribution in [-0.4, -0.2) is 32.4 Å². The van der Waals surface area contributed by atoms with Gasteiger partial charge in [0.05, 0.1) is 17.4 Å². The molecule has 6 nitrogen and oxygen atoms in total. The Morgan fingerprint density at radius 2 is 2.07 bits per heavy atom. The number of hydrogen-bond acceptors (Lipinski definition) is 4. The first-order valence-corrected chi connectivity index (χ1v) is 9.79.